The zero-order valence-electron chi connectivity index (χ0n) is 11.7. The maximum absolute atomic E-state index is 12.0. The topological polar surface area (TPSA) is 54.1 Å². The van der Waals surface area contributed by atoms with Crippen LogP contribution < -0.4 is 10.9 Å². The average molecular weight is 272 g/mol. The lowest BCUT2D eigenvalue weighted by Crippen LogP contribution is -2.45. The molecule has 1 fully saturated rings. The van der Waals surface area contributed by atoms with Gasteiger partial charge in [-0.2, -0.15) is 0 Å². The summed E-state index contributed by atoms with van der Waals surface area (Å²) in [7, 11) is 0. The molecule has 1 aromatic heterocycles. The predicted molar refractivity (Wildman–Crippen MR) is 79.8 cm³/mol. The van der Waals surface area contributed by atoms with E-state index >= 15 is 0 Å². The number of para-hydroxylation sites is 1. The smallest absolute Gasteiger partial charge is 0.252 e. The first-order chi connectivity index (χ1) is 9.76. The fraction of sp³-hybridized carbons (Fsp3) is 0.438. The molecule has 1 aromatic carbocycles. The van der Waals surface area contributed by atoms with Crippen LogP contribution in [0.15, 0.2) is 35.1 Å². The minimum Gasteiger partial charge on any atom is -0.378 e. The lowest BCUT2D eigenvalue weighted by Gasteiger charge is -2.35. The molecule has 20 heavy (non-hydrogen) atoms. The van der Waals surface area contributed by atoms with E-state index in [4.69, 9.17) is 4.74 Å². The van der Waals surface area contributed by atoms with Crippen molar-refractivity contribution in [2.45, 2.75) is 38.5 Å². The lowest BCUT2D eigenvalue weighted by molar-refractivity contribution is -0.0102. The van der Waals surface area contributed by atoms with Gasteiger partial charge in [0.2, 0.25) is 0 Å². The molecule has 0 bridgehead atoms. The molecule has 3 rings (SSSR count). The molecule has 0 radical (unpaired) electrons. The van der Waals surface area contributed by atoms with Crippen LogP contribution in [0.25, 0.3) is 10.9 Å². The molecule has 0 saturated heterocycles. The Balaban J connectivity index is 1.63. The van der Waals surface area contributed by atoms with Crippen molar-refractivity contribution in [3.8, 4) is 0 Å². The summed E-state index contributed by atoms with van der Waals surface area (Å²) < 4.78 is 5.53. The molecule has 1 aliphatic rings. The van der Waals surface area contributed by atoms with Gasteiger partial charge in [0.05, 0.1) is 6.10 Å². The van der Waals surface area contributed by atoms with Gasteiger partial charge in [0, 0.05) is 30.3 Å². The molecule has 0 amide bonds. The second-order valence-electron chi connectivity index (χ2n) is 5.34. The molecule has 4 heteroatoms. The van der Waals surface area contributed by atoms with Gasteiger partial charge in [0.1, 0.15) is 0 Å². The second kappa shape index (κ2) is 5.77. The minimum absolute atomic E-state index is 0.00289. The SMILES string of the molecule is CCOC1CC(NCc2cc3ccccc3[nH]c2=O)C1. The molecule has 0 spiro atoms. The number of hydrogen-bond donors (Lipinski definition) is 2. The van der Waals surface area contributed by atoms with Crippen molar-refractivity contribution >= 4 is 10.9 Å². The molecular weight excluding hydrogens is 252 g/mol. The largest absolute Gasteiger partial charge is 0.378 e. The number of benzene rings is 1. The number of aromatic amines is 1. The monoisotopic (exact) mass is 272 g/mol. The molecule has 0 atom stereocenters. The molecule has 1 aliphatic carbocycles. The first-order valence-electron chi connectivity index (χ1n) is 7.22. The van der Waals surface area contributed by atoms with Crippen LogP contribution in [0.5, 0.6) is 0 Å². The number of aromatic nitrogens is 1. The third kappa shape index (κ3) is 2.76. The van der Waals surface area contributed by atoms with Crippen LogP contribution in [0.2, 0.25) is 0 Å². The summed E-state index contributed by atoms with van der Waals surface area (Å²) >= 11 is 0. The van der Waals surface area contributed by atoms with E-state index in [0.29, 0.717) is 18.7 Å². The van der Waals surface area contributed by atoms with Crippen LogP contribution >= 0.6 is 0 Å². The van der Waals surface area contributed by atoms with Crippen molar-refractivity contribution in [3.05, 3.63) is 46.2 Å². The number of H-pyrrole nitrogens is 1. The maximum Gasteiger partial charge on any atom is 0.252 e. The lowest BCUT2D eigenvalue weighted by atomic mass is 9.89. The van der Waals surface area contributed by atoms with Crippen LogP contribution in [0.1, 0.15) is 25.3 Å². The summed E-state index contributed by atoms with van der Waals surface area (Å²) in [6, 6.07) is 10.3. The van der Waals surface area contributed by atoms with E-state index < -0.39 is 0 Å². The second-order valence-corrected chi connectivity index (χ2v) is 5.34. The summed E-state index contributed by atoms with van der Waals surface area (Å²) in [6.45, 7) is 3.42. The van der Waals surface area contributed by atoms with E-state index in [1.54, 1.807) is 0 Å². The van der Waals surface area contributed by atoms with Gasteiger partial charge in [-0.15, -0.1) is 0 Å². The Bertz CT molecular complexity index is 644. The zero-order valence-corrected chi connectivity index (χ0v) is 11.7. The van der Waals surface area contributed by atoms with Crippen molar-refractivity contribution in [2.24, 2.45) is 0 Å². The number of pyridine rings is 1. The summed E-state index contributed by atoms with van der Waals surface area (Å²) in [5.74, 6) is 0. The Morgan fingerprint density at radius 3 is 2.95 bits per heavy atom. The van der Waals surface area contributed by atoms with Crippen LogP contribution in [0.4, 0.5) is 0 Å². The van der Waals surface area contributed by atoms with Gasteiger partial charge in [-0.25, -0.2) is 0 Å². The van der Waals surface area contributed by atoms with Crippen molar-refractivity contribution in [3.63, 3.8) is 0 Å². The Labute approximate surface area is 118 Å². The summed E-state index contributed by atoms with van der Waals surface area (Å²) in [5.41, 5.74) is 1.68. The number of ether oxygens (including phenoxy) is 1. The van der Waals surface area contributed by atoms with E-state index in [-0.39, 0.29) is 5.56 Å². The maximum atomic E-state index is 12.0. The number of fused-ring (bicyclic) bond motifs is 1. The third-order valence-electron chi connectivity index (χ3n) is 3.91. The van der Waals surface area contributed by atoms with Crippen molar-refractivity contribution < 1.29 is 4.74 Å². The first kappa shape index (κ1) is 13.3. The normalized spacial score (nSPS) is 21.9. The molecule has 0 aliphatic heterocycles. The van der Waals surface area contributed by atoms with Gasteiger partial charge in [0.25, 0.3) is 5.56 Å². The van der Waals surface area contributed by atoms with Crippen LogP contribution in [-0.2, 0) is 11.3 Å². The molecule has 1 saturated carbocycles. The Kier molecular flexibility index (Phi) is 3.85. The number of hydrogen-bond acceptors (Lipinski definition) is 3. The molecule has 0 unspecified atom stereocenters. The number of nitrogens with one attached hydrogen (secondary N) is 2. The van der Waals surface area contributed by atoms with E-state index in [1.807, 2.05) is 37.3 Å². The summed E-state index contributed by atoms with van der Waals surface area (Å²) in [4.78, 5) is 14.9. The van der Waals surface area contributed by atoms with Gasteiger partial charge >= 0.3 is 0 Å². The highest BCUT2D eigenvalue weighted by Gasteiger charge is 2.28. The van der Waals surface area contributed by atoms with E-state index in [2.05, 4.69) is 10.3 Å². The van der Waals surface area contributed by atoms with Crippen LogP contribution in [0.3, 0.4) is 0 Å². The molecular formula is C16H20N2O2. The van der Waals surface area contributed by atoms with Gasteiger partial charge < -0.3 is 15.0 Å². The molecule has 4 nitrogen and oxygen atoms in total. The van der Waals surface area contributed by atoms with Crippen LogP contribution in [-0.4, -0.2) is 23.7 Å². The standard InChI is InChI=1S/C16H20N2O2/c1-2-20-14-8-13(9-14)17-10-12-7-11-5-3-4-6-15(11)18-16(12)19/h3-7,13-14,17H,2,8-10H2,1H3,(H,18,19). The van der Waals surface area contributed by atoms with E-state index in [0.717, 1.165) is 35.9 Å². The minimum atomic E-state index is -0.00289. The number of rotatable bonds is 5. The predicted octanol–water partition coefficient (Wildman–Crippen LogP) is 2.19. The van der Waals surface area contributed by atoms with Crippen molar-refractivity contribution in [1.29, 1.82) is 0 Å². The van der Waals surface area contributed by atoms with E-state index in [9.17, 15) is 4.79 Å². The van der Waals surface area contributed by atoms with Crippen LogP contribution in [0, 0.1) is 0 Å². The Morgan fingerprint density at radius 1 is 1.35 bits per heavy atom. The molecule has 2 aromatic rings. The van der Waals surface area contributed by atoms with Gasteiger partial charge in [0.15, 0.2) is 0 Å². The van der Waals surface area contributed by atoms with Gasteiger partial charge in [-0.05, 0) is 37.3 Å². The highest BCUT2D eigenvalue weighted by Crippen LogP contribution is 2.23. The molecule has 2 N–H and O–H groups in total. The fourth-order valence-corrected chi connectivity index (χ4v) is 2.68. The molecule has 106 valence electrons. The highest BCUT2D eigenvalue weighted by atomic mass is 16.5. The quantitative estimate of drug-likeness (QED) is 0.877. The Morgan fingerprint density at radius 2 is 2.15 bits per heavy atom. The first-order valence-corrected chi connectivity index (χ1v) is 7.22. The van der Waals surface area contributed by atoms with Crippen molar-refractivity contribution in [1.82, 2.24) is 10.3 Å². The van der Waals surface area contributed by atoms with Crippen molar-refractivity contribution in [2.75, 3.05) is 6.61 Å². The summed E-state index contributed by atoms with van der Waals surface area (Å²) in [6.07, 6.45) is 2.48. The zero-order chi connectivity index (χ0) is 13.9. The summed E-state index contributed by atoms with van der Waals surface area (Å²) in [5, 5.41) is 4.50. The van der Waals surface area contributed by atoms with Gasteiger partial charge in [-0.3, -0.25) is 4.79 Å². The van der Waals surface area contributed by atoms with Gasteiger partial charge in [-0.1, -0.05) is 18.2 Å². The fourth-order valence-electron chi connectivity index (χ4n) is 2.68. The molecule has 1 heterocycles. The van der Waals surface area contributed by atoms with E-state index in [1.165, 1.54) is 0 Å². The highest BCUT2D eigenvalue weighted by molar-refractivity contribution is 5.78. The third-order valence-corrected chi connectivity index (χ3v) is 3.91. The average Bonchev–Trinajstić information content (AvgIpc) is 2.41. The Hall–Kier alpha value is -1.65.